The van der Waals surface area contributed by atoms with E-state index in [4.69, 9.17) is 0 Å². The molecule has 0 nitrogen and oxygen atoms in total. The van der Waals surface area contributed by atoms with Crippen LogP contribution in [0.5, 0.6) is 0 Å². The van der Waals surface area contributed by atoms with Crippen LogP contribution in [-0.4, -0.2) is 0 Å². The van der Waals surface area contributed by atoms with Crippen molar-refractivity contribution >= 4 is 21.5 Å². The normalized spacial score (nSPS) is 10.1. The molecule has 0 aromatic heterocycles. The number of fused-ring (bicyclic) bond motifs is 2. The number of rotatable bonds is 2. The molecule has 0 bridgehead atoms. The van der Waals surface area contributed by atoms with E-state index in [9.17, 15) is 35.1 Å². The van der Waals surface area contributed by atoms with Crippen LogP contribution in [0.25, 0.3) is 43.8 Å². The van der Waals surface area contributed by atoms with Crippen molar-refractivity contribution in [2.24, 2.45) is 0 Å². The Morgan fingerprint density at radius 1 is 0.405 bits per heavy atom. The predicted octanol–water partition coefficient (Wildman–Crippen LogP) is 3.57. The van der Waals surface area contributed by atoms with Gasteiger partial charge in [-0.1, -0.05) is 36.4 Å². The van der Waals surface area contributed by atoms with Crippen LogP contribution in [0, 0.1) is 46.5 Å². The average molecular weight is 780 g/mol. The average Bonchev–Trinajstić information content (AvgIpc) is 3.55. The van der Waals surface area contributed by atoms with E-state index in [1.165, 1.54) is 0 Å². The third kappa shape index (κ3) is 7.33. The maximum atomic E-state index is 13.7. The summed E-state index contributed by atoms with van der Waals surface area (Å²) in [6.07, 6.45) is 0. The Balaban J connectivity index is 0.000000383. The molecule has 0 atom stereocenters. The Hall–Kier alpha value is -2.11. The molecule has 0 N–H and O–H groups in total. The summed E-state index contributed by atoms with van der Waals surface area (Å²) in [5, 5.41) is 3.29. The van der Waals surface area contributed by atoms with Gasteiger partial charge in [0.15, 0.2) is 34.9 Å². The molecule has 0 amide bonds. The van der Waals surface area contributed by atoms with Crippen molar-refractivity contribution in [3.05, 3.63) is 131 Å². The predicted molar refractivity (Wildman–Crippen MR) is 130 cm³/mol. The SMILES string of the molecule is Fc1cc(-c2cc3ccccc3[cH-]2)c(F)c(F)c1F.Fc1cc(-c2cc3ccccc3[cH-]2)c(F)c(F)c1F.[Cl-].[Cl-].[Zr+2].[Zr+2]. The van der Waals surface area contributed by atoms with E-state index in [0.717, 1.165) is 21.5 Å². The third-order valence-electron chi connectivity index (χ3n) is 6.06. The van der Waals surface area contributed by atoms with Gasteiger partial charge in [0.05, 0.1) is 0 Å². The van der Waals surface area contributed by atoms with Crippen LogP contribution in [0.1, 0.15) is 0 Å². The van der Waals surface area contributed by atoms with Crippen LogP contribution < -0.4 is 24.8 Å². The van der Waals surface area contributed by atoms with Crippen LogP contribution in [0.15, 0.2) is 84.9 Å². The van der Waals surface area contributed by atoms with Crippen molar-refractivity contribution in [1.29, 1.82) is 0 Å². The number of benzene rings is 4. The van der Waals surface area contributed by atoms with Gasteiger partial charge in [-0.3, -0.25) is 0 Å². The van der Waals surface area contributed by atoms with E-state index < -0.39 is 46.5 Å². The Labute approximate surface area is 285 Å². The van der Waals surface area contributed by atoms with E-state index in [0.29, 0.717) is 23.3 Å². The van der Waals surface area contributed by atoms with Crippen molar-refractivity contribution in [3.8, 4) is 22.3 Å². The molecule has 42 heavy (non-hydrogen) atoms. The van der Waals surface area contributed by atoms with Crippen molar-refractivity contribution in [2.45, 2.75) is 0 Å². The van der Waals surface area contributed by atoms with E-state index >= 15 is 0 Å². The topological polar surface area (TPSA) is 0 Å². The molecular weight excluding hydrogens is 766 g/mol. The monoisotopic (exact) mass is 776 g/mol. The van der Waals surface area contributed by atoms with Gasteiger partial charge < -0.3 is 24.8 Å². The Bertz CT molecular complexity index is 1630. The van der Waals surface area contributed by atoms with Gasteiger partial charge in [-0.15, -0.1) is 69.1 Å². The molecular formula is C30H14Cl2F8Zr2. The third-order valence-corrected chi connectivity index (χ3v) is 6.06. The van der Waals surface area contributed by atoms with Gasteiger partial charge in [0.25, 0.3) is 0 Å². The Kier molecular flexibility index (Phi) is 14.0. The molecule has 0 unspecified atom stereocenters. The zero-order valence-electron chi connectivity index (χ0n) is 20.9. The van der Waals surface area contributed by atoms with Crippen LogP contribution in [0.2, 0.25) is 0 Å². The van der Waals surface area contributed by atoms with Gasteiger partial charge in [0, 0.05) is 0 Å². The molecule has 6 rings (SSSR count). The number of halogens is 10. The summed E-state index contributed by atoms with van der Waals surface area (Å²) in [6.45, 7) is 0. The Morgan fingerprint density at radius 3 is 1.07 bits per heavy atom. The van der Waals surface area contributed by atoms with Crippen LogP contribution in [0.3, 0.4) is 0 Å². The van der Waals surface area contributed by atoms with Gasteiger partial charge in [-0.2, -0.15) is 0 Å². The fourth-order valence-corrected chi connectivity index (χ4v) is 4.18. The molecule has 212 valence electrons. The second-order valence-corrected chi connectivity index (χ2v) is 8.44. The zero-order valence-corrected chi connectivity index (χ0v) is 27.3. The molecule has 0 aliphatic rings. The van der Waals surface area contributed by atoms with Crippen LogP contribution in [-0.2, 0) is 52.4 Å². The van der Waals surface area contributed by atoms with E-state index in [-0.39, 0.29) is 88.3 Å². The summed E-state index contributed by atoms with van der Waals surface area (Å²) in [5.74, 6) is -12.7. The molecule has 0 radical (unpaired) electrons. The molecule has 0 heterocycles. The molecule has 0 saturated carbocycles. The van der Waals surface area contributed by atoms with Crippen molar-refractivity contribution in [3.63, 3.8) is 0 Å². The van der Waals surface area contributed by atoms with Crippen LogP contribution in [0.4, 0.5) is 35.1 Å². The summed E-state index contributed by atoms with van der Waals surface area (Å²) in [4.78, 5) is 0. The quantitative estimate of drug-likeness (QED) is 0.109. The van der Waals surface area contributed by atoms with Crippen LogP contribution >= 0.6 is 0 Å². The minimum absolute atomic E-state index is 0. The fraction of sp³-hybridized carbons (Fsp3) is 0. The molecule has 12 heteroatoms. The summed E-state index contributed by atoms with van der Waals surface area (Å²) in [5.41, 5.74) is 0.0631. The van der Waals surface area contributed by atoms with Gasteiger partial charge >= 0.3 is 52.4 Å². The van der Waals surface area contributed by atoms with Crippen molar-refractivity contribution in [1.82, 2.24) is 0 Å². The summed E-state index contributed by atoms with van der Waals surface area (Å²) in [7, 11) is 0. The largest absolute Gasteiger partial charge is 2.00 e. The van der Waals surface area contributed by atoms with Gasteiger partial charge in [0.2, 0.25) is 0 Å². The van der Waals surface area contributed by atoms with Gasteiger partial charge in [-0.25, -0.2) is 35.1 Å². The number of hydrogen-bond donors (Lipinski definition) is 0. The Morgan fingerprint density at radius 2 is 0.738 bits per heavy atom. The maximum Gasteiger partial charge on any atom is 2.00 e. The first kappa shape index (κ1) is 37.9. The van der Waals surface area contributed by atoms with Crippen molar-refractivity contribution < 1.29 is 112 Å². The minimum Gasteiger partial charge on any atom is -1.00 e. The minimum atomic E-state index is -1.79. The van der Waals surface area contributed by atoms with Crippen molar-refractivity contribution in [2.75, 3.05) is 0 Å². The molecule has 6 aromatic carbocycles. The first-order valence-corrected chi connectivity index (χ1v) is 11.1. The maximum absolute atomic E-state index is 13.7. The summed E-state index contributed by atoms with van der Waals surface area (Å²) >= 11 is 0. The molecule has 0 saturated heterocycles. The fourth-order valence-electron chi connectivity index (χ4n) is 4.18. The molecule has 6 aromatic rings. The summed E-state index contributed by atoms with van der Waals surface area (Å²) < 4.78 is 106. The molecule has 0 fully saturated rings. The van der Waals surface area contributed by atoms with Gasteiger partial charge in [-0.05, 0) is 23.3 Å². The second kappa shape index (κ2) is 15.6. The molecule has 0 aliphatic carbocycles. The van der Waals surface area contributed by atoms with E-state index in [2.05, 4.69) is 0 Å². The smallest absolute Gasteiger partial charge is 1.00 e. The first-order chi connectivity index (χ1) is 18.2. The molecule has 0 spiro atoms. The van der Waals surface area contributed by atoms with E-state index in [1.807, 2.05) is 0 Å². The number of hydrogen-bond acceptors (Lipinski definition) is 0. The summed E-state index contributed by atoms with van der Waals surface area (Å²) in [6, 6.07) is 22.1. The molecule has 0 aliphatic heterocycles. The van der Waals surface area contributed by atoms with Gasteiger partial charge in [0.1, 0.15) is 11.6 Å². The standard InChI is InChI=1S/2C15H7F4.2ClH.2Zr/c2*16-12-7-11(13(17)15(19)14(12)18)10-5-8-3-1-2-4-9(8)6-10;;;;/h2*1-7H;2*1H;;/q2*-1;;;2*+2/p-2. The first-order valence-electron chi connectivity index (χ1n) is 11.1. The second-order valence-electron chi connectivity index (χ2n) is 8.44. The van der Waals surface area contributed by atoms with E-state index in [1.54, 1.807) is 72.8 Å². The zero-order chi connectivity index (χ0) is 27.1.